The van der Waals surface area contributed by atoms with E-state index in [1.807, 2.05) is 13.8 Å². The molecule has 0 atom stereocenters. The number of hydrogen-bond acceptors (Lipinski definition) is 2. The van der Waals surface area contributed by atoms with Gasteiger partial charge in [-0.25, -0.2) is 0 Å². The summed E-state index contributed by atoms with van der Waals surface area (Å²) in [6, 6.07) is 0. The van der Waals surface area contributed by atoms with Crippen LogP contribution in [-0.2, 0) is 4.79 Å². The first kappa shape index (κ1) is 9.01. The Kier molecular flexibility index (Phi) is 4.37. The summed E-state index contributed by atoms with van der Waals surface area (Å²) in [6.07, 6.45) is 1.91. The summed E-state index contributed by atoms with van der Waals surface area (Å²) in [7, 11) is 0. The number of aliphatic hydroxyl groups excluding tert-OH is 1. The Bertz CT molecular complexity index is 128. The maximum atomic E-state index is 10.9. The summed E-state index contributed by atoms with van der Waals surface area (Å²) >= 11 is 0. The first-order chi connectivity index (χ1) is 4.76. The molecule has 0 bridgehead atoms. The van der Waals surface area contributed by atoms with Gasteiger partial charge in [0.15, 0.2) is 0 Å². The zero-order valence-electron chi connectivity index (χ0n) is 6.37. The maximum Gasteiger partial charge on any atom is 0.249 e. The predicted molar refractivity (Wildman–Crippen MR) is 39.7 cm³/mol. The van der Waals surface area contributed by atoms with E-state index in [-0.39, 0.29) is 5.91 Å². The van der Waals surface area contributed by atoms with Crippen LogP contribution < -0.4 is 0 Å². The standard InChI is InChI=1S/C7H13NO2/c1-3-8(4-2)7(10)5-6-9/h5-6,9H,3-4H2,1-2H3. The second-order valence-corrected chi connectivity index (χ2v) is 1.83. The lowest BCUT2D eigenvalue weighted by molar-refractivity contribution is -0.125. The Morgan fingerprint density at radius 2 is 2.00 bits per heavy atom. The highest BCUT2D eigenvalue weighted by Crippen LogP contribution is 1.88. The molecule has 0 fully saturated rings. The number of likely N-dealkylation sites (N-methyl/N-ethyl adjacent to an activating group) is 1. The van der Waals surface area contributed by atoms with Crippen molar-refractivity contribution in [3.05, 3.63) is 12.3 Å². The van der Waals surface area contributed by atoms with Crippen LogP contribution in [0.5, 0.6) is 0 Å². The van der Waals surface area contributed by atoms with Gasteiger partial charge in [-0.3, -0.25) is 4.79 Å². The summed E-state index contributed by atoms with van der Waals surface area (Å²) in [5.74, 6) is -0.146. The topological polar surface area (TPSA) is 40.5 Å². The lowest BCUT2D eigenvalue weighted by atomic mass is 10.4. The molecule has 3 nitrogen and oxygen atoms in total. The van der Waals surface area contributed by atoms with Gasteiger partial charge >= 0.3 is 0 Å². The molecule has 0 radical (unpaired) electrons. The number of carbonyl (C=O) groups is 1. The highest BCUT2D eigenvalue weighted by molar-refractivity contribution is 5.87. The normalized spacial score (nSPS) is 10.2. The van der Waals surface area contributed by atoms with Crippen LogP contribution in [0.2, 0.25) is 0 Å². The molecule has 0 aliphatic heterocycles. The fourth-order valence-electron chi connectivity index (χ4n) is 0.704. The molecule has 0 rings (SSSR count). The molecule has 0 aromatic carbocycles. The quantitative estimate of drug-likeness (QED) is 0.471. The van der Waals surface area contributed by atoms with E-state index >= 15 is 0 Å². The maximum absolute atomic E-state index is 10.9. The van der Waals surface area contributed by atoms with E-state index < -0.39 is 0 Å². The van der Waals surface area contributed by atoms with Crippen molar-refractivity contribution in [3.8, 4) is 0 Å². The first-order valence-electron chi connectivity index (χ1n) is 3.35. The molecule has 1 N–H and O–H groups in total. The van der Waals surface area contributed by atoms with E-state index in [4.69, 9.17) is 5.11 Å². The van der Waals surface area contributed by atoms with Gasteiger partial charge < -0.3 is 10.0 Å². The zero-order valence-corrected chi connectivity index (χ0v) is 6.37. The molecule has 58 valence electrons. The van der Waals surface area contributed by atoms with Crippen LogP contribution in [0.4, 0.5) is 0 Å². The fraction of sp³-hybridized carbons (Fsp3) is 0.571. The molecule has 0 aliphatic rings. The third-order valence-corrected chi connectivity index (χ3v) is 1.29. The second kappa shape index (κ2) is 4.85. The number of rotatable bonds is 3. The van der Waals surface area contributed by atoms with Crippen molar-refractivity contribution in [2.45, 2.75) is 13.8 Å². The van der Waals surface area contributed by atoms with Crippen LogP contribution in [0.25, 0.3) is 0 Å². The van der Waals surface area contributed by atoms with E-state index in [1.54, 1.807) is 4.90 Å². The Balaban J connectivity index is 3.89. The Hall–Kier alpha value is -0.990. The van der Waals surface area contributed by atoms with E-state index in [0.29, 0.717) is 13.1 Å². The smallest absolute Gasteiger partial charge is 0.249 e. The molecule has 0 aliphatic carbocycles. The Morgan fingerprint density at radius 1 is 1.50 bits per heavy atom. The van der Waals surface area contributed by atoms with Gasteiger partial charge in [0.05, 0.1) is 6.26 Å². The highest BCUT2D eigenvalue weighted by atomic mass is 16.2. The van der Waals surface area contributed by atoms with Gasteiger partial charge in [0.25, 0.3) is 0 Å². The van der Waals surface area contributed by atoms with Crippen molar-refractivity contribution in [3.63, 3.8) is 0 Å². The molecule has 3 heteroatoms. The summed E-state index contributed by atoms with van der Waals surface area (Å²) in [5.41, 5.74) is 0. The molecule has 0 aromatic heterocycles. The molecule has 0 spiro atoms. The lowest BCUT2D eigenvalue weighted by Gasteiger charge is -2.15. The number of amides is 1. The van der Waals surface area contributed by atoms with Crippen molar-refractivity contribution in [1.29, 1.82) is 0 Å². The Labute approximate surface area is 61.0 Å². The minimum absolute atomic E-state index is 0.146. The monoisotopic (exact) mass is 143 g/mol. The van der Waals surface area contributed by atoms with E-state index in [9.17, 15) is 4.79 Å². The van der Waals surface area contributed by atoms with Crippen LogP contribution in [0.1, 0.15) is 13.8 Å². The van der Waals surface area contributed by atoms with Crippen LogP contribution in [0, 0.1) is 0 Å². The third-order valence-electron chi connectivity index (χ3n) is 1.29. The molecule has 0 saturated heterocycles. The summed E-state index contributed by atoms with van der Waals surface area (Å²) in [6.45, 7) is 5.15. The average molecular weight is 143 g/mol. The summed E-state index contributed by atoms with van der Waals surface area (Å²) in [5, 5.41) is 8.25. The Morgan fingerprint density at radius 3 is 2.30 bits per heavy atom. The molecular weight excluding hydrogens is 130 g/mol. The van der Waals surface area contributed by atoms with Crippen LogP contribution >= 0.6 is 0 Å². The van der Waals surface area contributed by atoms with Crippen molar-refractivity contribution < 1.29 is 9.90 Å². The summed E-state index contributed by atoms with van der Waals surface area (Å²) < 4.78 is 0. The second-order valence-electron chi connectivity index (χ2n) is 1.83. The fourth-order valence-corrected chi connectivity index (χ4v) is 0.704. The van der Waals surface area contributed by atoms with Gasteiger partial charge in [-0.2, -0.15) is 0 Å². The minimum atomic E-state index is -0.146. The van der Waals surface area contributed by atoms with Crippen molar-refractivity contribution in [2.75, 3.05) is 13.1 Å². The van der Waals surface area contributed by atoms with E-state index in [2.05, 4.69) is 0 Å². The number of nitrogens with zero attached hydrogens (tertiary/aromatic N) is 1. The lowest BCUT2D eigenvalue weighted by Crippen LogP contribution is -2.28. The largest absolute Gasteiger partial charge is 0.515 e. The van der Waals surface area contributed by atoms with Gasteiger partial charge in [0.1, 0.15) is 0 Å². The van der Waals surface area contributed by atoms with Gasteiger partial charge in [0, 0.05) is 19.2 Å². The van der Waals surface area contributed by atoms with Crippen LogP contribution in [0.15, 0.2) is 12.3 Å². The SMILES string of the molecule is CCN(CC)C(=O)C=CO. The first-order valence-corrected chi connectivity index (χ1v) is 3.35. The molecular formula is C7H13NO2. The van der Waals surface area contributed by atoms with Crippen molar-refractivity contribution in [2.24, 2.45) is 0 Å². The van der Waals surface area contributed by atoms with E-state index in [1.165, 1.54) is 0 Å². The number of carbonyl (C=O) groups excluding carboxylic acids is 1. The molecule has 0 saturated carbocycles. The minimum Gasteiger partial charge on any atom is -0.515 e. The molecule has 0 heterocycles. The zero-order chi connectivity index (χ0) is 7.98. The van der Waals surface area contributed by atoms with Crippen molar-refractivity contribution >= 4 is 5.91 Å². The van der Waals surface area contributed by atoms with Crippen LogP contribution in [-0.4, -0.2) is 29.0 Å². The highest BCUT2D eigenvalue weighted by Gasteiger charge is 2.03. The molecule has 10 heavy (non-hydrogen) atoms. The third kappa shape index (κ3) is 2.53. The molecule has 0 unspecified atom stereocenters. The number of aliphatic hydroxyl groups is 1. The average Bonchev–Trinajstić information content (AvgIpc) is 1.91. The summed E-state index contributed by atoms with van der Waals surface area (Å²) in [4.78, 5) is 12.5. The van der Waals surface area contributed by atoms with Crippen molar-refractivity contribution in [1.82, 2.24) is 4.90 Å². The number of hydrogen-bond donors (Lipinski definition) is 1. The molecule has 1 amide bonds. The van der Waals surface area contributed by atoms with Gasteiger partial charge in [-0.05, 0) is 13.8 Å². The van der Waals surface area contributed by atoms with Gasteiger partial charge in [0.2, 0.25) is 5.91 Å². The molecule has 0 aromatic rings. The van der Waals surface area contributed by atoms with Gasteiger partial charge in [-0.15, -0.1) is 0 Å². The van der Waals surface area contributed by atoms with E-state index in [0.717, 1.165) is 12.3 Å². The predicted octanol–water partition coefficient (Wildman–Crippen LogP) is 0.926. The van der Waals surface area contributed by atoms with Gasteiger partial charge in [-0.1, -0.05) is 0 Å². The van der Waals surface area contributed by atoms with Crippen LogP contribution in [0.3, 0.4) is 0 Å².